The summed E-state index contributed by atoms with van der Waals surface area (Å²) < 4.78 is 14.0. The molecular weight excluding hydrogens is 877 g/mol. The van der Waals surface area contributed by atoms with Crippen LogP contribution in [-0.4, -0.2) is 143 Å². The molecule has 3 aliphatic heterocycles. The van der Waals surface area contributed by atoms with Gasteiger partial charge in [0.2, 0.25) is 11.8 Å². The zero-order valence-corrected chi connectivity index (χ0v) is 41.6. The Morgan fingerprint density at radius 1 is 1.06 bits per heavy atom. The van der Waals surface area contributed by atoms with Crippen molar-refractivity contribution in [3.8, 4) is 40.0 Å². The van der Waals surface area contributed by atoms with E-state index in [1.807, 2.05) is 51.0 Å². The van der Waals surface area contributed by atoms with Gasteiger partial charge < -0.3 is 34.3 Å². The van der Waals surface area contributed by atoms with E-state index in [1.165, 1.54) is 9.91 Å². The number of nitrogens with zero attached hydrogens (tertiary/aromatic N) is 6. The third kappa shape index (κ3) is 11.4. The van der Waals surface area contributed by atoms with Gasteiger partial charge in [-0.3, -0.25) is 38.9 Å². The number of ether oxygens (including phenoxy) is 2. The van der Waals surface area contributed by atoms with Crippen LogP contribution in [0, 0.1) is 29.1 Å². The van der Waals surface area contributed by atoms with Crippen LogP contribution in [0.5, 0.6) is 5.75 Å². The van der Waals surface area contributed by atoms with Gasteiger partial charge in [-0.05, 0) is 117 Å². The number of likely N-dealkylation sites (N-methyl/N-ethyl adjacent to an activating group) is 1. The van der Waals surface area contributed by atoms with Crippen LogP contribution in [0.3, 0.4) is 0 Å². The Kier molecular flexibility index (Phi) is 15.8. The standard InChI is InChI=1S/C53H68N8O8/c1-10-60-45-18-17-35-28-40(45)41(48(60)39-14-11-20-54-44(39)31-68-9)29-53(4,5)32-69-52(67)42-15-12-22-61(56-42)51(66)43(26-34-24-37(35)27-38(62)25-34)55-49(64)47(33(2)3)58(8)50(65)36-19-23-59(30-36)46(63)16-13-21-57(6)7/h11,14,17-18,20,24-25,27-28,33,36,42-43,47,56,62H,10,12,15,19,21-23,26,29-32H2,1-9H3,(H,55,64)/t36-,42-,43-,47?/m0/s1. The number of methoxy groups -OCH3 is 1. The third-order valence-electron chi connectivity index (χ3n) is 13.4. The van der Waals surface area contributed by atoms with E-state index in [9.17, 15) is 29.1 Å². The van der Waals surface area contributed by atoms with Gasteiger partial charge in [-0.1, -0.05) is 45.7 Å². The summed E-state index contributed by atoms with van der Waals surface area (Å²) in [5, 5.41) is 16.7. The lowest BCUT2D eigenvalue weighted by molar-refractivity contribution is -0.155. The molecule has 5 heterocycles. The molecule has 0 spiro atoms. The number of esters is 1. The van der Waals surface area contributed by atoms with E-state index >= 15 is 0 Å². The number of aromatic hydroxyl groups is 1. The Bertz CT molecular complexity index is 2650. The van der Waals surface area contributed by atoms with Crippen molar-refractivity contribution < 1.29 is 38.6 Å². The molecule has 0 radical (unpaired) electrons. The number of cyclic esters (lactones) is 1. The SMILES string of the molecule is CCn1c(-c2cccnc2COC)c2c3cc(ccc31)-c1cc(O)cc(c1)C[C@H](NC(=O)C(C(C)C)N(C)C(=O)[C@H]1CCN(C(=O)C#CCN(C)C)C1)C(=O)N1CCC[C@H](N1)C(=O)OCC(C)(C)C2. The number of fused-ring (bicyclic) bond motifs is 6. The highest BCUT2D eigenvalue weighted by Crippen LogP contribution is 2.41. The Morgan fingerprint density at radius 2 is 1.84 bits per heavy atom. The number of hydrogen-bond acceptors (Lipinski definition) is 11. The number of hydrazine groups is 1. The van der Waals surface area contributed by atoms with Crippen LogP contribution >= 0.6 is 0 Å². The topological polar surface area (TPSA) is 179 Å². The number of phenolic OH excluding ortho intramolecular Hbond substituents is 1. The molecule has 4 atom stereocenters. The monoisotopic (exact) mass is 945 g/mol. The number of rotatable bonds is 10. The first kappa shape index (κ1) is 50.6. The highest BCUT2D eigenvalue weighted by atomic mass is 16.5. The largest absolute Gasteiger partial charge is 0.508 e. The van der Waals surface area contributed by atoms with E-state index in [0.717, 1.165) is 39.0 Å². The van der Waals surface area contributed by atoms with Gasteiger partial charge in [-0.25, -0.2) is 5.43 Å². The third-order valence-corrected chi connectivity index (χ3v) is 13.4. The molecule has 3 N–H and O–H groups in total. The highest BCUT2D eigenvalue weighted by Gasteiger charge is 2.40. The van der Waals surface area contributed by atoms with Crippen molar-refractivity contribution in [2.45, 2.75) is 98.0 Å². The molecule has 4 amide bonds. The van der Waals surface area contributed by atoms with Crippen LogP contribution in [0.1, 0.15) is 70.7 Å². The molecule has 16 nitrogen and oxygen atoms in total. The van der Waals surface area contributed by atoms with E-state index in [-0.39, 0.29) is 49.6 Å². The summed E-state index contributed by atoms with van der Waals surface area (Å²) in [6, 6.07) is 12.5. The molecule has 2 aromatic carbocycles. The number of benzene rings is 2. The summed E-state index contributed by atoms with van der Waals surface area (Å²) in [6.45, 7) is 12.3. The number of pyridine rings is 1. The molecule has 69 heavy (non-hydrogen) atoms. The zero-order valence-electron chi connectivity index (χ0n) is 41.6. The van der Waals surface area contributed by atoms with Gasteiger partial charge in [0.05, 0.1) is 37.1 Å². The quantitative estimate of drug-likeness (QED) is 0.147. The summed E-state index contributed by atoms with van der Waals surface area (Å²) in [5.41, 5.74) is 9.52. The molecular formula is C53H68N8O8. The Balaban J connectivity index is 1.26. The van der Waals surface area contributed by atoms with Crippen molar-refractivity contribution >= 4 is 40.5 Å². The molecule has 3 aliphatic rings. The number of hydrogen-bond donors (Lipinski definition) is 3. The molecule has 368 valence electrons. The maximum absolute atomic E-state index is 14.8. The Hall–Kier alpha value is -6.28. The predicted octanol–water partition coefficient (Wildman–Crippen LogP) is 4.79. The summed E-state index contributed by atoms with van der Waals surface area (Å²) in [4.78, 5) is 79.8. The molecule has 4 aromatic rings. The fourth-order valence-electron chi connectivity index (χ4n) is 10.0. The molecule has 0 saturated carbocycles. The molecule has 6 bridgehead atoms. The van der Waals surface area contributed by atoms with E-state index < -0.39 is 47.2 Å². The van der Waals surface area contributed by atoms with Crippen LogP contribution in [0.4, 0.5) is 0 Å². The lowest BCUT2D eigenvalue weighted by atomic mass is 9.84. The number of phenols is 1. The minimum absolute atomic E-state index is 0.0145. The van der Waals surface area contributed by atoms with Gasteiger partial charge >= 0.3 is 5.97 Å². The van der Waals surface area contributed by atoms with E-state index in [1.54, 1.807) is 37.4 Å². The van der Waals surface area contributed by atoms with Gasteiger partial charge in [0.1, 0.15) is 23.9 Å². The number of amides is 4. The number of nitrogens with one attached hydrogen (secondary N) is 2. The summed E-state index contributed by atoms with van der Waals surface area (Å²) >= 11 is 0. The second-order valence-electron chi connectivity index (χ2n) is 20.1. The average molecular weight is 945 g/mol. The lowest BCUT2D eigenvalue weighted by Crippen LogP contribution is -2.62. The molecule has 2 saturated heterocycles. The van der Waals surface area contributed by atoms with Crippen LogP contribution in [0.25, 0.3) is 33.3 Å². The molecule has 16 heteroatoms. The molecule has 2 fully saturated rings. The number of carbonyl (C=O) groups is 5. The normalized spacial score (nSPS) is 20.0. The average Bonchev–Trinajstić information content (AvgIpc) is 3.93. The highest BCUT2D eigenvalue weighted by molar-refractivity contribution is 5.97. The number of aromatic nitrogens is 2. The Morgan fingerprint density at radius 3 is 2.57 bits per heavy atom. The second kappa shape index (κ2) is 21.6. The van der Waals surface area contributed by atoms with Crippen molar-refractivity contribution in [3.05, 3.63) is 71.5 Å². The van der Waals surface area contributed by atoms with Crippen molar-refractivity contribution in [2.24, 2.45) is 17.3 Å². The first-order valence-corrected chi connectivity index (χ1v) is 24.0. The van der Waals surface area contributed by atoms with Crippen LogP contribution in [-0.2, 0) is 59.4 Å². The fourth-order valence-corrected chi connectivity index (χ4v) is 10.0. The first-order chi connectivity index (χ1) is 32.9. The lowest BCUT2D eigenvalue weighted by Gasteiger charge is -2.37. The van der Waals surface area contributed by atoms with Gasteiger partial charge in [0, 0.05) is 74.8 Å². The predicted molar refractivity (Wildman–Crippen MR) is 263 cm³/mol. The summed E-state index contributed by atoms with van der Waals surface area (Å²) in [6.07, 6.45) is 3.66. The second-order valence-corrected chi connectivity index (χ2v) is 20.1. The van der Waals surface area contributed by atoms with Gasteiger partial charge in [-0.15, -0.1) is 0 Å². The number of carbonyl (C=O) groups excluding carboxylic acids is 5. The van der Waals surface area contributed by atoms with Crippen molar-refractivity contribution in [3.63, 3.8) is 0 Å². The van der Waals surface area contributed by atoms with Crippen LogP contribution in [0.15, 0.2) is 54.7 Å². The summed E-state index contributed by atoms with van der Waals surface area (Å²) in [7, 11) is 6.96. The van der Waals surface area contributed by atoms with Crippen molar-refractivity contribution in [1.29, 1.82) is 0 Å². The Labute approximate surface area is 405 Å². The smallest absolute Gasteiger partial charge is 0.324 e. The van der Waals surface area contributed by atoms with Crippen LogP contribution < -0.4 is 10.7 Å². The zero-order chi connectivity index (χ0) is 49.7. The van der Waals surface area contributed by atoms with E-state index in [4.69, 9.17) is 14.5 Å². The number of aryl methyl sites for hydroxylation is 1. The minimum Gasteiger partial charge on any atom is -0.508 e. The van der Waals surface area contributed by atoms with Gasteiger partial charge in [-0.2, -0.15) is 0 Å². The maximum atomic E-state index is 14.8. The van der Waals surface area contributed by atoms with E-state index in [2.05, 4.69) is 66.1 Å². The molecule has 7 rings (SSSR count). The van der Waals surface area contributed by atoms with Crippen molar-refractivity contribution in [2.75, 3.05) is 61.0 Å². The van der Waals surface area contributed by atoms with Crippen molar-refractivity contribution in [1.82, 2.24) is 40.0 Å². The maximum Gasteiger partial charge on any atom is 0.324 e. The molecule has 2 aromatic heterocycles. The summed E-state index contributed by atoms with van der Waals surface area (Å²) in [5.74, 6) is 2.49. The van der Waals surface area contributed by atoms with Gasteiger partial charge in [0.25, 0.3) is 11.8 Å². The first-order valence-electron chi connectivity index (χ1n) is 24.0. The van der Waals surface area contributed by atoms with E-state index in [0.29, 0.717) is 63.1 Å². The molecule has 0 aliphatic carbocycles. The fraction of sp³-hybridized carbons (Fsp3) is 0.509. The number of likely N-dealkylation sites (tertiary alicyclic amines) is 1. The molecule has 1 unspecified atom stereocenters. The minimum atomic E-state index is -1.17. The van der Waals surface area contributed by atoms with Gasteiger partial charge in [0.15, 0.2) is 0 Å². The van der Waals surface area contributed by atoms with Crippen LogP contribution in [0.2, 0.25) is 0 Å².